The zero-order valence-corrected chi connectivity index (χ0v) is 11.6. The molecule has 19 heavy (non-hydrogen) atoms. The van der Waals surface area contributed by atoms with Gasteiger partial charge < -0.3 is 9.72 Å². The lowest BCUT2D eigenvalue weighted by molar-refractivity contribution is 0.139. The number of benzene rings is 1. The SMILES string of the molecule is COCCN(Cc1ccc(C)cc1)Cc1cnc[nH]1. The van der Waals surface area contributed by atoms with Gasteiger partial charge in [-0.1, -0.05) is 29.8 Å². The van der Waals surface area contributed by atoms with Crippen LogP contribution in [0, 0.1) is 6.92 Å². The monoisotopic (exact) mass is 259 g/mol. The molecule has 0 aliphatic rings. The minimum absolute atomic E-state index is 0.736. The summed E-state index contributed by atoms with van der Waals surface area (Å²) in [4.78, 5) is 9.55. The third-order valence-electron chi connectivity index (χ3n) is 3.09. The molecular weight excluding hydrogens is 238 g/mol. The van der Waals surface area contributed by atoms with E-state index in [9.17, 15) is 0 Å². The van der Waals surface area contributed by atoms with Gasteiger partial charge in [0.2, 0.25) is 0 Å². The summed E-state index contributed by atoms with van der Waals surface area (Å²) in [6.45, 7) is 5.53. The van der Waals surface area contributed by atoms with E-state index in [1.54, 1.807) is 13.4 Å². The molecular formula is C15H21N3O. The fourth-order valence-electron chi connectivity index (χ4n) is 2.00. The van der Waals surface area contributed by atoms with Crippen LogP contribution in [-0.2, 0) is 17.8 Å². The molecule has 102 valence electrons. The fraction of sp³-hybridized carbons (Fsp3) is 0.400. The van der Waals surface area contributed by atoms with Crippen LogP contribution >= 0.6 is 0 Å². The highest BCUT2D eigenvalue weighted by Gasteiger charge is 2.07. The molecule has 0 aliphatic heterocycles. The molecule has 0 atom stereocenters. The van der Waals surface area contributed by atoms with E-state index in [0.29, 0.717) is 0 Å². The van der Waals surface area contributed by atoms with Crippen molar-refractivity contribution in [3.05, 3.63) is 53.6 Å². The normalized spacial score (nSPS) is 11.1. The molecule has 1 aromatic carbocycles. The Kier molecular flexibility index (Phi) is 5.12. The molecule has 0 bridgehead atoms. The van der Waals surface area contributed by atoms with E-state index in [4.69, 9.17) is 4.74 Å². The van der Waals surface area contributed by atoms with Crippen LogP contribution in [0.4, 0.5) is 0 Å². The highest BCUT2D eigenvalue weighted by atomic mass is 16.5. The van der Waals surface area contributed by atoms with Gasteiger partial charge in [-0.25, -0.2) is 4.98 Å². The van der Waals surface area contributed by atoms with Crippen LogP contribution in [0.25, 0.3) is 0 Å². The first-order valence-electron chi connectivity index (χ1n) is 6.52. The number of imidazole rings is 1. The predicted octanol–water partition coefficient (Wildman–Crippen LogP) is 2.37. The predicted molar refractivity (Wildman–Crippen MR) is 75.8 cm³/mol. The number of aromatic nitrogens is 2. The van der Waals surface area contributed by atoms with Crippen molar-refractivity contribution in [2.45, 2.75) is 20.0 Å². The first kappa shape index (κ1) is 13.8. The quantitative estimate of drug-likeness (QED) is 0.830. The number of ether oxygens (including phenoxy) is 1. The van der Waals surface area contributed by atoms with Crippen LogP contribution in [-0.4, -0.2) is 35.1 Å². The number of H-pyrrole nitrogens is 1. The van der Waals surface area contributed by atoms with E-state index in [0.717, 1.165) is 31.9 Å². The maximum atomic E-state index is 5.18. The van der Waals surface area contributed by atoms with Gasteiger partial charge in [0.25, 0.3) is 0 Å². The molecule has 0 saturated heterocycles. The van der Waals surface area contributed by atoms with Gasteiger partial charge in [-0.3, -0.25) is 4.90 Å². The average Bonchev–Trinajstić information content (AvgIpc) is 2.91. The van der Waals surface area contributed by atoms with Crippen molar-refractivity contribution in [3.63, 3.8) is 0 Å². The largest absolute Gasteiger partial charge is 0.383 e. The second-order valence-electron chi connectivity index (χ2n) is 4.77. The van der Waals surface area contributed by atoms with Crippen LogP contribution in [0.5, 0.6) is 0 Å². The van der Waals surface area contributed by atoms with Crippen LogP contribution in [0.1, 0.15) is 16.8 Å². The van der Waals surface area contributed by atoms with Crippen LogP contribution in [0.2, 0.25) is 0 Å². The van der Waals surface area contributed by atoms with Crippen molar-refractivity contribution in [3.8, 4) is 0 Å². The molecule has 2 aromatic rings. The second-order valence-corrected chi connectivity index (χ2v) is 4.77. The van der Waals surface area contributed by atoms with E-state index in [1.165, 1.54) is 11.1 Å². The van der Waals surface area contributed by atoms with Gasteiger partial charge in [0.05, 0.1) is 12.9 Å². The molecule has 4 nitrogen and oxygen atoms in total. The lowest BCUT2D eigenvalue weighted by atomic mass is 10.1. The summed E-state index contributed by atoms with van der Waals surface area (Å²) in [6, 6.07) is 8.67. The Bertz CT molecular complexity index is 465. The molecule has 1 heterocycles. The smallest absolute Gasteiger partial charge is 0.0922 e. The lowest BCUT2D eigenvalue weighted by Gasteiger charge is -2.21. The third kappa shape index (κ3) is 4.50. The Hall–Kier alpha value is -1.65. The van der Waals surface area contributed by atoms with E-state index in [1.807, 2.05) is 6.20 Å². The van der Waals surface area contributed by atoms with Gasteiger partial charge >= 0.3 is 0 Å². The summed E-state index contributed by atoms with van der Waals surface area (Å²) in [5.41, 5.74) is 3.74. The first-order valence-corrected chi connectivity index (χ1v) is 6.52. The van der Waals surface area contributed by atoms with E-state index in [2.05, 4.69) is 46.1 Å². The van der Waals surface area contributed by atoms with Crippen LogP contribution in [0.3, 0.4) is 0 Å². The van der Waals surface area contributed by atoms with Crippen LogP contribution in [0.15, 0.2) is 36.8 Å². The average molecular weight is 259 g/mol. The summed E-state index contributed by atoms with van der Waals surface area (Å²) >= 11 is 0. The van der Waals surface area contributed by atoms with Crippen molar-refractivity contribution in [1.29, 1.82) is 0 Å². The number of nitrogens with one attached hydrogen (secondary N) is 1. The molecule has 0 spiro atoms. The summed E-state index contributed by atoms with van der Waals surface area (Å²) < 4.78 is 5.18. The molecule has 0 unspecified atom stereocenters. The number of methoxy groups -OCH3 is 1. The standard InChI is InChI=1S/C15H21N3O/c1-13-3-5-14(6-4-13)10-18(7-8-19-2)11-15-9-16-12-17-15/h3-6,9,12H,7-8,10-11H2,1-2H3,(H,16,17). The molecule has 0 fully saturated rings. The summed E-state index contributed by atoms with van der Waals surface area (Å²) in [7, 11) is 1.74. The van der Waals surface area contributed by atoms with Gasteiger partial charge in [-0.2, -0.15) is 0 Å². The Balaban J connectivity index is 1.98. The minimum Gasteiger partial charge on any atom is -0.383 e. The van der Waals surface area contributed by atoms with E-state index in [-0.39, 0.29) is 0 Å². The molecule has 1 aromatic heterocycles. The second kappa shape index (κ2) is 7.07. The van der Waals surface area contributed by atoms with Gasteiger partial charge in [-0.05, 0) is 12.5 Å². The molecule has 0 aliphatic carbocycles. The van der Waals surface area contributed by atoms with E-state index >= 15 is 0 Å². The first-order chi connectivity index (χ1) is 9.28. The Morgan fingerprint density at radius 1 is 1.21 bits per heavy atom. The number of aromatic amines is 1. The van der Waals surface area contributed by atoms with Gasteiger partial charge in [0, 0.05) is 38.6 Å². The number of hydrogen-bond acceptors (Lipinski definition) is 3. The zero-order chi connectivity index (χ0) is 13.5. The molecule has 4 heteroatoms. The van der Waals surface area contributed by atoms with Gasteiger partial charge in [0.1, 0.15) is 0 Å². The van der Waals surface area contributed by atoms with Crippen molar-refractivity contribution < 1.29 is 4.74 Å². The van der Waals surface area contributed by atoms with Crippen molar-refractivity contribution in [1.82, 2.24) is 14.9 Å². The highest BCUT2D eigenvalue weighted by Crippen LogP contribution is 2.09. The Labute approximate surface area is 114 Å². The van der Waals surface area contributed by atoms with Crippen molar-refractivity contribution in [2.75, 3.05) is 20.3 Å². The zero-order valence-electron chi connectivity index (χ0n) is 11.6. The number of nitrogens with zero attached hydrogens (tertiary/aromatic N) is 2. The van der Waals surface area contributed by atoms with Crippen molar-refractivity contribution >= 4 is 0 Å². The lowest BCUT2D eigenvalue weighted by Crippen LogP contribution is -2.26. The topological polar surface area (TPSA) is 41.1 Å². The molecule has 1 N–H and O–H groups in total. The molecule has 2 rings (SSSR count). The van der Waals surface area contributed by atoms with Crippen LogP contribution < -0.4 is 0 Å². The maximum absolute atomic E-state index is 5.18. The van der Waals surface area contributed by atoms with Crippen molar-refractivity contribution in [2.24, 2.45) is 0 Å². The molecule has 0 saturated carbocycles. The maximum Gasteiger partial charge on any atom is 0.0922 e. The summed E-state index contributed by atoms with van der Waals surface area (Å²) in [5.74, 6) is 0. The molecule has 0 radical (unpaired) electrons. The number of aryl methyl sites for hydroxylation is 1. The summed E-state index contributed by atoms with van der Waals surface area (Å²) in [6.07, 6.45) is 3.59. The number of hydrogen-bond donors (Lipinski definition) is 1. The Morgan fingerprint density at radius 3 is 2.63 bits per heavy atom. The minimum atomic E-state index is 0.736. The molecule has 0 amide bonds. The van der Waals surface area contributed by atoms with Gasteiger partial charge in [0.15, 0.2) is 0 Å². The highest BCUT2D eigenvalue weighted by molar-refractivity contribution is 5.21. The fourth-order valence-corrected chi connectivity index (χ4v) is 2.00. The Morgan fingerprint density at radius 2 is 2.00 bits per heavy atom. The summed E-state index contributed by atoms with van der Waals surface area (Å²) in [5, 5.41) is 0. The number of rotatable bonds is 7. The van der Waals surface area contributed by atoms with E-state index < -0.39 is 0 Å². The third-order valence-corrected chi connectivity index (χ3v) is 3.09. The van der Waals surface area contributed by atoms with Gasteiger partial charge in [-0.15, -0.1) is 0 Å².